The summed E-state index contributed by atoms with van der Waals surface area (Å²) in [7, 11) is 1.65. The highest BCUT2D eigenvalue weighted by Crippen LogP contribution is 2.33. The number of methoxy groups -OCH3 is 1. The van der Waals surface area contributed by atoms with E-state index < -0.39 is 0 Å². The first-order valence-electron chi connectivity index (χ1n) is 11.0. The number of carbonyl (C=O) groups is 1. The van der Waals surface area contributed by atoms with Crippen molar-refractivity contribution in [3.63, 3.8) is 0 Å². The first-order valence-corrected chi connectivity index (χ1v) is 11.0. The number of rotatable bonds is 6. The van der Waals surface area contributed by atoms with E-state index >= 15 is 0 Å². The normalized spacial score (nSPS) is 16.4. The molecule has 0 spiro atoms. The number of nitrogens with zero attached hydrogens (tertiary/aromatic N) is 2. The second-order valence-corrected chi connectivity index (χ2v) is 8.08. The van der Waals surface area contributed by atoms with Crippen molar-refractivity contribution in [3.8, 4) is 5.75 Å². The number of amides is 2. The fourth-order valence-electron chi connectivity index (χ4n) is 4.08. The molecule has 1 unspecified atom stereocenters. The molecule has 5 heteroatoms. The number of anilines is 1. The molecule has 0 aromatic heterocycles. The van der Waals surface area contributed by atoms with Gasteiger partial charge in [0.15, 0.2) is 0 Å². The van der Waals surface area contributed by atoms with Crippen molar-refractivity contribution in [1.82, 2.24) is 5.01 Å². The molecular weight excluding hydrogens is 398 g/mol. The minimum atomic E-state index is -0.219. The van der Waals surface area contributed by atoms with Crippen LogP contribution in [0.4, 0.5) is 10.5 Å². The summed E-state index contributed by atoms with van der Waals surface area (Å²) in [6.07, 6.45) is 0.967. The molecule has 2 atom stereocenters. The van der Waals surface area contributed by atoms with Gasteiger partial charge >= 0.3 is 6.03 Å². The molecule has 0 bridgehead atoms. The van der Waals surface area contributed by atoms with E-state index in [9.17, 15) is 4.79 Å². The summed E-state index contributed by atoms with van der Waals surface area (Å²) in [6, 6.07) is 26.0. The van der Waals surface area contributed by atoms with E-state index in [1.54, 1.807) is 12.1 Å². The first-order chi connectivity index (χ1) is 15.6. The van der Waals surface area contributed by atoms with Crippen LogP contribution in [0, 0.1) is 5.92 Å². The Morgan fingerprint density at radius 2 is 1.75 bits per heavy atom. The molecule has 1 aliphatic heterocycles. The van der Waals surface area contributed by atoms with Crippen molar-refractivity contribution in [2.45, 2.75) is 26.2 Å². The Hall–Kier alpha value is -3.60. The van der Waals surface area contributed by atoms with Gasteiger partial charge in [0.1, 0.15) is 5.75 Å². The second-order valence-electron chi connectivity index (χ2n) is 8.08. The van der Waals surface area contributed by atoms with Gasteiger partial charge in [-0.05, 0) is 65.4 Å². The second kappa shape index (κ2) is 9.69. The third kappa shape index (κ3) is 4.67. The van der Waals surface area contributed by atoms with E-state index in [0.717, 1.165) is 29.1 Å². The van der Waals surface area contributed by atoms with Crippen molar-refractivity contribution in [3.05, 3.63) is 95.6 Å². The lowest BCUT2D eigenvalue weighted by Gasteiger charge is -2.22. The highest BCUT2D eigenvalue weighted by Gasteiger charge is 2.35. The first kappa shape index (κ1) is 21.6. The van der Waals surface area contributed by atoms with Crippen LogP contribution >= 0.6 is 0 Å². The van der Waals surface area contributed by atoms with Gasteiger partial charge < -0.3 is 10.1 Å². The van der Waals surface area contributed by atoms with Gasteiger partial charge in [-0.15, -0.1) is 0 Å². The highest BCUT2D eigenvalue weighted by molar-refractivity contribution is 6.05. The average molecular weight is 428 g/mol. The molecule has 3 aromatic carbocycles. The lowest BCUT2D eigenvalue weighted by Crippen LogP contribution is -2.32. The maximum Gasteiger partial charge on any atom is 0.342 e. The molecular formula is C27H29N3O2. The topological polar surface area (TPSA) is 53.9 Å². The summed E-state index contributed by atoms with van der Waals surface area (Å²) in [5.74, 6) is 1.09. The van der Waals surface area contributed by atoms with E-state index in [2.05, 4.69) is 43.4 Å². The summed E-state index contributed by atoms with van der Waals surface area (Å²) in [4.78, 5) is 13.0. The molecule has 0 saturated heterocycles. The number of nitrogens with one attached hydrogen (secondary N) is 1. The van der Waals surface area contributed by atoms with Gasteiger partial charge in [-0.1, -0.05) is 56.3 Å². The monoisotopic (exact) mass is 427 g/mol. The zero-order valence-electron chi connectivity index (χ0n) is 18.8. The number of carbonyl (C=O) groups excluding carboxylic acids is 1. The summed E-state index contributed by atoms with van der Waals surface area (Å²) >= 11 is 0. The highest BCUT2D eigenvalue weighted by atomic mass is 16.5. The van der Waals surface area contributed by atoms with Crippen molar-refractivity contribution < 1.29 is 9.53 Å². The molecule has 0 aliphatic carbocycles. The number of urea groups is 1. The molecule has 1 N–H and O–H groups in total. The third-order valence-corrected chi connectivity index (χ3v) is 6.11. The lowest BCUT2D eigenvalue weighted by atomic mass is 9.82. The predicted molar refractivity (Wildman–Crippen MR) is 129 cm³/mol. The molecule has 0 radical (unpaired) electrons. The number of hydrogen-bond donors (Lipinski definition) is 1. The third-order valence-electron chi connectivity index (χ3n) is 6.11. The van der Waals surface area contributed by atoms with Crippen LogP contribution in [0.5, 0.6) is 5.75 Å². The number of aryl methyl sites for hydroxylation is 1. The van der Waals surface area contributed by atoms with Gasteiger partial charge in [0.25, 0.3) is 0 Å². The van der Waals surface area contributed by atoms with Gasteiger partial charge in [-0.3, -0.25) is 0 Å². The Morgan fingerprint density at radius 1 is 1.06 bits per heavy atom. The van der Waals surface area contributed by atoms with Crippen molar-refractivity contribution in [1.29, 1.82) is 0 Å². The van der Waals surface area contributed by atoms with Crippen LogP contribution in [0.2, 0.25) is 0 Å². The quantitative estimate of drug-likeness (QED) is 0.530. The summed E-state index contributed by atoms with van der Waals surface area (Å²) in [5, 5.41) is 9.31. The average Bonchev–Trinajstić information content (AvgIpc) is 3.30. The van der Waals surface area contributed by atoms with E-state index in [4.69, 9.17) is 9.84 Å². The van der Waals surface area contributed by atoms with Gasteiger partial charge in [0.05, 0.1) is 19.4 Å². The van der Waals surface area contributed by atoms with Gasteiger partial charge in [0, 0.05) is 11.6 Å². The summed E-state index contributed by atoms with van der Waals surface area (Å²) < 4.78 is 5.30. The number of ether oxygens (including phenoxy) is 1. The molecule has 3 aromatic rings. The van der Waals surface area contributed by atoms with Crippen molar-refractivity contribution in [2.75, 3.05) is 19.0 Å². The maximum atomic E-state index is 13.0. The SMILES string of the molecule is CCc1ccc(NC(=O)N2C[C@H](C(C)c3ccccc3)C(c3ccc(OC)cc3)=N2)cc1. The van der Waals surface area contributed by atoms with Gasteiger partial charge in [0.2, 0.25) is 0 Å². The van der Waals surface area contributed by atoms with Crippen LogP contribution in [0.15, 0.2) is 84.0 Å². The van der Waals surface area contributed by atoms with Gasteiger partial charge in [-0.2, -0.15) is 5.10 Å². The van der Waals surface area contributed by atoms with Crippen LogP contribution in [-0.2, 0) is 6.42 Å². The summed E-state index contributed by atoms with van der Waals surface area (Å²) in [6.45, 7) is 4.83. The molecule has 164 valence electrons. The number of hydrogen-bond acceptors (Lipinski definition) is 3. The smallest absolute Gasteiger partial charge is 0.342 e. The van der Waals surface area contributed by atoms with Gasteiger partial charge in [-0.25, -0.2) is 9.80 Å². The fraction of sp³-hybridized carbons (Fsp3) is 0.259. The Balaban J connectivity index is 1.60. The molecule has 1 heterocycles. The van der Waals surface area contributed by atoms with E-state index in [0.29, 0.717) is 6.54 Å². The van der Waals surface area contributed by atoms with E-state index in [1.165, 1.54) is 11.1 Å². The predicted octanol–water partition coefficient (Wildman–Crippen LogP) is 5.93. The van der Waals surface area contributed by atoms with Crippen molar-refractivity contribution in [2.24, 2.45) is 11.0 Å². The Morgan fingerprint density at radius 3 is 2.38 bits per heavy atom. The Bertz CT molecular complexity index is 1080. The van der Waals surface area contributed by atoms with E-state index in [-0.39, 0.29) is 17.9 Å². The fourth-order valence-corrected chi connectivity index (χ4v) is 4.08. The van der Waals surface area contributed by atoms with Crippen LogP contribution in [0.1, 0.15) is 36.5 Å². The molecule has 0 fully saturated rings. The number of benzene rings is 3. The molecule has 1 aliphatic rings. The zero-order chi connectivity index (χ0) is 22.5. The van der Waals surface area contributed by atoms with Crippen LogP contribution in [-0.4, -0.2) is 30.4 Å². The molecule has 4 rings (SSSR count). The largest absolute Gasteiger partial charge is 0.497 e. The van der Waals surface area contributed by atoms with Crippen LogP contribution in [0.3, 0.4) is 0 Å². The zero-order valence-corrected chi connectivity index (χ0v) is 18.8. The molecule has 2 amide bonds. The Kier molecular flexibility index (Phi) is 6.55. The summed E-state index contributed by atoms with van der Waals surface area (Å²) in [5.41, 5.74) is 5.16. The minimum absolute atomic E-state index is 0.0824. The standard InChI is InChI=1S/C27H29N3O2/c1-4-20-10-14-23(15-11-20)28-27(31)30-18-25(19(2)21-8-6-5-7-9-21)26(29-30)22-12-16-24(32-3)17-13-22/h5-17,19,25H,4,18H2,1-3H3,(H,28,31)/t19?,25-/m1/s1. The maximum absolute atomic E-state index is 13.0. The Labute approximate surface area is 189 Å². The molecule has 5 nitrogen and oxygen atoms in total. The molecule has 32 heavy (non-hydrogen) atoms. The molecule has 0 saturated carbocycles. The van der Waals surface area contributed by atoms with Crippen LogP contribution in [0.25, 0.3) is 0 Å². The van der Waals surface area contributed by atoms with E-state index in [1.807, 2.05) is 54.6 Å². The van der Waals surface area contributed by atoms with Crippen LogP contribution < -0.4 is 10.1 Å². The number of hydrazone groups is 1. The lowest BCUT2D eigenvalue weighted by molar-refractivity contribution is 0.214. The minimum Gasteiger partial charge on any atom is -0.497 e. The van der Waals surface area contributed by atoms with Crippen molar-refractivity contribution >= 4 is 17.4 Å².